The van der Waals surface area contributed by atoms with Crippen LogP contribution < -0.4 is 10.2 Å². The number of carbonyl (C=O) groups excluding carboxylic acids is 1. The van der Waals surface area contributed by atoms with Gasteiger partial charge in [-0.3, -0.25) is 4.79 Å². The third-order valence-electron chi connectivity index (χ3n) is 3.01. The van der Waals surface area contributed by atoms with Crippen molar-refractivity contribution >= 4 is 23.7 Å². The van der Waals surface area contributed by atoms with E-state index in [-0.39, 0.29) is 12.5 Å². The Hall–Kier alpha value is -2.33. The Morgan fingerprint density at radius 1 is 1.23 bits per heavy atom. The predicted molar refractivity (Wildman–Crippen MR) is 88.6 cm³/mol. The molecule has 0 heterocycles. The van der Waals surface area contributed by atoms with Gasteiger partial charge in [-0.1, -0.05) is 41.9 Å². The molecule has 1 amide bonds. The maximum atomic E-state index is 11.7. The van der Waals surface area contributed by atoms with Gasteiger partial charge in [-0.25, -0.2) is 5.43 Å². The molecule has 0 unspecified atom stereocenters. The van der Waals surface area contributed by atoms with E-state index in [4.69, 9.17) is 16.3 Å². The molecule has 0 saturated heterocycles. The highest BCUT2D eigenvalue weighted by molar-refractivity contribution is 6.30. The Morgan fingerprint density at radius 3 is 2.59 bits per heavy atom. The number of hydrazone groups is 1. The molecule has 5 heteroatoms. The quantitative estimate of drug-likeness (QED) is 0.678. The van der Waals surface area contributed by atoms with Crippen molar-refractivity contribution in [2.45, 2.75) is 13.8 Å². The fourth-order valence-corrected chi connectivity index (χ4v) is 2.16. The minimum atomic E-state index is -0.319. The van der Waals surface area contributed by atoms with E-state index in [0.29, 0.717) is 5.02 Å². The van der Waals surface area contributed by atoms with Crippen molar-refractivity contribution in [3.05, 3.63) is 64.2 Å². The number of rotatable bonds is 5. The molecule has 0 radical (unpaired) electrons. The fraction of sp³-hybridized carbons (Fsp3) is 0.176. The Labute approximate surface area is 134 Å². The third-order valence-corrected chi connectivity index (χ3v) is 3.24. The number of para-hydroxylation sites is 1. The molecule has 0 atom stereocenters. The number of amides is 1. The van der Waals surface area contributed by atoms with Crippen molar-refractivity contribution in [1.29, 1.82) is 0 Å². The van der Waals surface area contributed by atoms with Gasteiger partial charge in [0.05, 0.1) is 6.21 Å². The highest BCUT2D eigenvalue weighted by Gasteiger charge is 2.06. The summed E-state index contributed by atoms with van der Waals surface area (Å²) in [6, 6.07) is 13.0. The van der Waals surface area contributed by atoms with Gasteiger partial charge in [0, 0.05) is 5.02 Å². The van der Waals surface area contributed by atoms with Crippen molar-refractivity contribution in [2.75, 3.05) is 6.61 Å². The van der Waals surface area contributed by atoms with Crippen LogP contribution in [0.25, 0.3) is 0 Å². The second-order valence-corrected chi connectivity index (χ2v) is 5.29. The van der Waals surface area contributed by atoms with E-state index in [1.54, 1.807) is 12.1 Å². The van der Waals surface area contributed by atoms with Crippen LogP contribution in [0, 0.1) is 13.8 Å². The summed E-state index contributed by atoms with van der Waals surface area (Å²) in [7, 11) is 0. The molecule has 0 bridgehead atoms. The molecule has 0 spiro atoms. The first-order valence-electron chi connectivity index (χ1n) is 6.83. The summed E-state index contributed by atoms with van der Waals surface area (Å²) in [5, 5.41) is 4.50. The molecule has 0 saturated carbocycles. The monoisotopic (exact) mass is 316 g/mol. The Bertz CT molecular complexity index is 679. The second-order valence-electron chi connectivity index (χ2n) is 4.86. The Kier molecular flexibility index (Phi) is 5.55. The number of hydrogen-bond acceptors (Lipinski definition) is 3. The van der Waals surface area contributed by atoms with Crippen molar-refractivity contribution in [3.63, 3.8) is 0 Å². The lowest BCUT2D eigenvalue weighted by Gasteiger charge is -2.10. The molecule has 114 valence electrons. The lowest BCUT2D eigenvalue weighted by atomic mass is 10.1. The van der Waals surface area contributed by atoms with E-state index < -0.39 is 0 Å². The van der Waals surface area contributed by atoms with Gasteiger partial charge in [0.25, 0.3) is 5.91 Å². The summed E-state index contributed by atoms with van der Waals surface area (Å²) in [5.41, 5.74) is 5.22. The average molecular weight is 317 g/mol. The molecule has 0 aliphatic rings. The van der Waals surface area contributed by atoms with Crippen LogP contribution in [0.5, 0.6) is 5.75 Å². The number of nitrogens with zero attached hydrogens (tertiary/aromatic N) is 1. The first kappa shape index (κ1) is 16.0. The van der Waals surface area contributed by atoms with Gasteiger partial charge in [0.1, 0.15) is 5.75 Å². The van der Waals surface area contributed by atoms with Gasteiger partial charge >= 0.3 is 0 Å². The highest BCUT2D eigenvalue weighted by Crippen LogP contribution is 2.21. The predicted octanol–water partition coefficient (Wildman–Crippen LogP) is 3.49. The van der Waals surface area contributed by atoms with E-state index in [9.17, 15) is 4.79 Å². The lowest BCUT2D eigenvalue weighted by Crippen LogP contribution is -2.25. The van der Waals surface area contributed by atoms with Crippen molar-refractivity contribution in [2.24, 2.45) is 5.10 Å². The Morgan fingerprint density at radius 2 is 1.91 bits per heavy atom. The number of nitrogens with one attached hydrogen (secondary N) is 1. The van der Waals surface area contributed by atoms with E-state index in [0.717, 1.165) is 22.4 Å². The van der Waals surface area contributed by atoms with E-state index >= 15 is 0 Å². The maximum absolute atomic E-state index is 11.7. The van der Waals surface area contributed by atoms with Crippen molar-refractivity contribution < 1.29 is 9.53 Å². The van der Waals surface area contributed by atoms with Gasteiger partial charge < -0.3 is 4.74 Å². The largest absolute Gasteiger partial charge is 0.483 e. The van der Waals surface area contributed by atoms with Crippen molar-refractivity contribution in [1.82, 2.24) is 5.43 Å². The van der Waals surface area contributed by atoms with Crippen LogP contribution in [0.15, 0.2) is 47.6 Å². The summed E-state index contributed by atoms with van der Waals surface area (Å²) in [6.45, 7) is 3.80. The van der Waals surface area contributed by atoms with Crippen LogP contribution in [0.1, 0.15) is 16.7 Å². The number of halogens is 1. The van der Waals surface area contributed by atoms with Crippen molar-refractivity contribution in [3.8, 4) is 5.75 Å². The number of aryl methyl sites for hydroxylation is 2. The second kappa shape index (κ2) is 7.61. The van der Waals surface area contributed by atoms with Gasteiger partial charge in [0.15, 0.2) is 6.61 Å². The zero-order valence-electron chi connectivity index (χ0n) is 12.5. The van der Waals surface area contributed by atoms with E-state index in [1.807, 2.05) is 44.2 Å². The van der Waals surface area contributed by atoms with Gasteiger partial charge in [0.2, 0.25) is 0 Å². The molecular weight excluding hydrogens is 300 g/mol. The maximum Gasteiger partial charge on any atom is 0.277 e. The molecule has 1 N–H and O–H groups in total. The smallest absolute Gasteiger partial charge is 0.277 e. The zero-order valence-corrected chi connectivity index (χ0v) is 13.2. The summed E-state index contributed by atoms with van der Waals surface area (Å²) in [5.74, 6) is 0.414. The molecule has 22 heavy (non-hydrogen) atoms. The molecule has 0 aliphatic heterocycles. The minimum Gasteiger partial charge on any atom is -0.483 e. The van der Waals surface area contributed by atoms with E-state index in [2.05, 4.69) is 10.5 Å². The van der Waals surface area contributed by atoms with Crippen LogP contribution in [0.3, 0.4) is 0 Å². The summed E-state index contributed by atoms with van der Waals surface area (Å²) < 4.78 is 5.54. The first-order chi connectivity index (χ1) is 10.6. The zero-order chi connectivity index (χ0) is 15.9. The van der Waals surface area contributed by atoms with Gasteiger partial charge in [-0.15, -0.1) is 0 Å². The minimum absolute atomic E-state index is 0.0847. The molecule has 2 rings (SSSR count). The van der Waals surface area contributed by atoms with Gasteiger partial charge in [-0.2, -0.15) is 5.10 Å². The number of hydrogen-bond donors (Lipinski definition) is 1. The van der Waals surface area contributed by atoms with Crippen LogP contribution in [-0.4, -0.2) is 18.7 Å². The number of ether oxygens (including phenoxy) is 1. The van der Waals surface area contributed by atoms with Gasteiger partial charge in [-0.05, 0) is 42.7 Å². The van der Waals surface area contributed by atoms with E-state index in [1.165, 1.54) is 6.21 Å². The molecular formula is C17H17ClN2O2. The summed E-state index contributed by atoms with van der Waals surface area (Å²) >= 11 is 5.86. The lowest BCUT2D eigenvalue weighted by molar-refractivity contribution is -0.123. The molecule has 0 fully saturated rings. The normalized spacial score (nSPS) is 10.7. The SMILES string of the molecule is Cc1cccc(C)c1OCC(=O)N/N=C/c1cccc(Cl)c1. The molecule has 2 aromatic rings. The number of benzene rings is 2. The van der Waals surface area contributed by atoms with Crippen LogP contribution in [0.2, 0.25) is 5.02 Å². The fourth-order valence-electron chi connectivity index (χ4n) is 1.96. The topological polar surface area (TPSA) is 50.7 Å². The Balaban J connectivity index is 1.86. The summed E-state index contributed by atoms with van der Waals surface area (Å²) in [6.07, 6.45) is 1.53. The van der Waals surface area contributed by atoms with Crippen LogP contribution >= 0.6 is 11.6 Å². The van der Waals surface area contributed by atoms with Crippen LogP contribution in [0.4, 0.5) is 0 Å². The average Bonchev–Trinajstić information content (AvgIpc) is 2.47. The molecule has 2 aromatic carbocycles. The molecule has 0 aliphatic carbocycles. The third kappa shape index (κ3) is 4.60. The first-order valence-corrected chi connectivity index (χ1v) is 7.20. The standard InChI is InChI=1S/C17H17ClN2O2/c1-12-5-3-6-13(2)17(12)22-11-16(21)20-19-10-14-7-4-8-15(18)9-14/h3-10H,11H2,1-2H3,(H,20,21)/b19-10+. The molecule has 0 aromatic heterocycles. The highest BCUT2D eigenvalue weighted by atomic mass is 35.5. The summed E-state index contributed by atoms with van der Waals surface area (Å²) in [4.78, 5) is 11.7. The molecule has 4 nitrogen and oxygen atoms in total. The number of carbonyl (C=O) groups is 1. The van der Waals surface area contributed by atoms with Crippen LogP contribution in [-0.2, 0) is 4.79 Å².